The van der Waals surface area contributed by atoms with E-state index in [0.717, 1.165) is 36.2 Å². The summed E-state index contributed by atoms with van der Waals surface area (Å²) in [5, 5.41) is 5.62. The van der Waals surface area contributed by atoms with E-state index in [1.807, 2.05) is 37.3 Å². The van der Waals surface area contributed by atoms with Crippen molar-refractivity contribution < 1.29 is 19.1 Å². The Morgan fingerprint density at radius 1 is 1.24 bits per heavy atom. The lowest BCUT2D eigenvalue weighted by Crippen LogP contribution is -2.43. The van der Waals surface area contributed by atoms with Crippen LogP contribution in [0.2, 0.25) is 0 Å². The molecule has 0 aromatic heterocycles. The number of benzene rings is 2. The lowest BCUT2D eigenvalue weighted by atomic mass is 10.1. The topological polar surface area (TPSA) is 87.7 Å². The molecule has 2 N–H and O–H groups in total. The minimum atomic E-state index is -0.600. The first-order chi connectivity index (χ1) is 14.0. The smallest absolute Gasteiger partial charge is 0.338 e. The van der Waals surface area contributed by atoms with E-state index in [-0.39, 0.29) is 24.5 Å². The van der Waals surface area contributed by atoms with Crippen molar-refractivity contribution >= 4 is 29.2 Å². The zero-order valence-electron chi connectivity index (χ0n) is 16.2. The molecular formula is C22H23N3O4. The van der Waals surface area contributed by atoms with Gasteiger partial charge in [0.25, 0.3) is 5.91 Å². The number of carbonyl (C=O) groups is 3. The highest BCUT2D eigenvalue weighted by atomic mass is 16.5. The van der Waals surface area contributed by atoms with E-state index >= 15 is 0 Å². The molecule has 150 valence electrons. The number of esters is 1. The molecule has 0 radical (unpaired) electrons. The molecule has 0 aliphatic carbocycles. The molecule has 0 unspecified atom stereocenters. The van der Waals surface area contributed by atoms with Gasteiger partial charge in [-0.25, -0.2) is 4.79 Å². The van der Waals surface area contributed by atoms with Crippen molar-refractivity contribution in [1.82, 2.24) is 5.32 Å². The van der Waals surface area contributed by atoms with Gasteiger partial charge in [-0.2, -0.15) is 0 Å². The van der Waals surface area contributed by atoms with E-state index in [0.29, 0.717) is 17.8 Å². The van der Waals surface area contributed by atoms with Gasteiger partial charge in [0.05, 0.1) is 16.9 Å². The molecule has 1 atom stereocenters. The van der Waals surface area contributed by atoms with Crippen LogP contribution in [0.25, 0.3) is 0 Å². The highest BCUT2D eigenvalue weighted by Crippen LogP contribution is 2.37. The molecule has 7 heteroatoms. The standard InChI is InChI=1S/C22H23N3O4/c1-14-5-2-3-6-16(14)12-23-20(26)13-29-22(28)15-8-9-18-17(11-15)24-21(27)19-7-4-10-25(18)19/h2-3,5-6,8-9,11,19H,4,7,10,12-13H2,1H3,(H,23,26)(H,24,27)/t19-/m0/s1. The van der Waals surface area contributed by atoms with Crippen molar-refractivity contribution in [3.8, 4) is 0 Å². The second-order valence-corrected chi connectivity index (χ2v) is 7.35. The number of amides is 2. The zero-order chi connectivity index (χ0) is 20.4. The molecule has 2 aromatic rings. The van der Waals surface area contributed by atoms with Crippen LogP contribution < -0.4 is 15.5 Å². The van der Waals surface area contributed by atoms with Crippen molar-refractivity contribution in [2.75, 3.05) is 23.4 Å². The van der Waals surface area contributed by atoms with E-state index in [1.54, 1.807) is 12.1 Å². The Labute approximate surface area is 169 Å². The number of aryl methyl sites for hydroxylation is 1. The third-order valence-electron chi connectivity index (χ3n) is 5.43. The third kappa shape index (κ3) is 3.94. The van der Waals surface area contributed by atoms with Gasteiger partial charge in [-0.1, -0.05) is 24.3 Å². The van der Waals surface area contributed by atoms with Crippen LogP contribution in [0.1, 0.15) is 34.3 Å². The van der Waals surface area contributed by atoms with Crippen molar-refractivity contribution in [2.24, 2.45) is 0 Å². The summed E-state index contributed by atoms with van der Waals surface area (Å²) in [4.78, 5) is 38.7. The van der Waals surface area contributed by atoms with Crippen molar-refractivity contribution in [2.45, 2.75) is 32.4 Å². The van der Waals surface area contributed by atoms with Crippen molar-refractivity contribution in [1.29, 1.82) is 0 Å². The fourth-order valence-corrected chi connectivity index (χ4v) is 3.82. The molecule has 2 heterocycles. The molecule has 2 aromatic carbocycles. The lowest BCUT2D eigenvalue weighted by Gasteiger charge is -2.33. The molecule has 0 bridgehead atoms. The van der Waals surface area contributed by atoms with Crippen LogP contribution in [0.4, 0.5) is 11.4 Å². The van der Waals surface area contributed by atoms with Gasteiger partial charge in [0.15, 0.2) is 6.61 Å². The monoisotopic (exact) mass is 393 g/mol. The molecule has 29 heavy (non-hydrogen) atoms. The molecule has 2 amide bonds. The summed E-state index contributed by atoms with van der Waals surface area (Å²) >= 11 is 0. The second-order valence-electron chi connectivity index (χ2n) is 7.35. The van der Waals surface area contributed by atoms with E-state index in [1.165, 1.54) is 0 Å². The fraction of sp³-hybridized carbons (Fsp3) is 0.318. The number of anilines is 2. The van der Waals surface area contributed by atoms with Crippen molar-refractivity contribution in [3.63, 3.8) is 0 Å². The maximum Gasteiger partial charge on any atom is 0.338 e. The zero-order valence-corrected chi connectivity index (χ0v) is 16.2. The highest BCUT2D eigenvalue weighted by molar-refractivity contribution is 6.05. The van der Waals surface area contributed by atoms with Crippen LogP contribution in [0.5, 0.6) is 0 Å². The first-order valence-electron chi connectivity index (χ1n) is 9.73. The first-order valence-corrected chi connectivity index (χ1v) is 9.73. The first kappa shape index (κ1) is 19.0. The van der Waals surface area contributed by atoms with E-state index in [4.69, 9.17) is 4.74 Å². The Kier molecular flexibility index (Phi) is 5.20. The molecule has 1 saturated heterocycles. The average molecular weight is 393 g/mol. The molecule has 1 fully saturated rings. The van der Waals surface area contributed by atoms with Crippen LogP contribution in [-0.2, 0) is 20.9 Å². The largest absolute Gasteiger partial charge is 0.452 e. The predicted molar refractivity (Wildman–Crippen MR) is 109 cm³/mol. The number of rotatable bonds is 5. The molecule has 2 aliphatic heterocycles. The van der Waals surface area contributed by atoms with Crippen LogP contribution in [0, 0.1) is 6.92 Å². The summed E-state index contributed by atoms with van der Waals surface area (Å²) in [6, 6.07) is 12.7. The molecule has 7 nitrogen and oxygen atoms in total. The van der Waals surface area contributed by atoms with Gasteiger partial charge < -0.3 is 20.3 Å². The fourth-order valence-electron chi connectivity index (χ4n) is 3.82. The number of ether oxygens (including phenoxy) is 1. The summed E-state index contributed by atoms with van der Waals surface area (Å²) in [5.74, 6) is -1.01. The molecule has 4 rings (SSSR count). The van der Waals surface area contributed by atoms with Crippen LogP contribution >= 0.6 is 0 Å². The van der Waals surface area contributed by atoms with Crippen molar-refractivity contribution in [3.05, 3.63) is 59.2 Å². The minimum absolute atomic E-state index is 0.0453. The maximum absolute atomic E-state index is 12.3. The number of fused-ring (bicyclic) bond motifs is 3. The third-order valence-corrected chi connectivity index (χ3v) is 5.43. The Bertz CT molecular complexity index is 972. The number of hydrogen-bond donors (Lipinski definition) is 2. The molecular weight excluding hydrogens is 370 g/mol. The Morgan fingerprint density at radius 3 is 2.90 bits per heavy atom. The van der Waals surface area contributed by atoms with E-state index in [2.05, 4.69) is 15.5 Å². The second kappa shape index (κ2) is 7.95. The number of hydrogen-bond acceptors (Lipinski definition) is 5. The summed E-state index contributed by atoms with van der Waals surface area (Å²) in [7, 11) is 0. The van der Waals surface area contributed by atoms with Gasteiger partial charge in [0.1, 0.15) is 6.04 Å². The summed E-state index contributed by atoms with van der Waals surface area (Å²) < 4.78 is 5.14. The number of nitrogens with one attached hydrogen (secondary N) is 2. The van der Waals surface area contributed by atoms with E-state index in [9.17, 15) is 14.4 Å². The number of nitrogens with zero attached hydrogens (tertiary/aromatic N) is 1. The maximum atomic E-state index is 12.3. The molecule has 0 spiro atoms. The van der Waals surface area contributed by atoms with Crippen LogP contribution in [0.3, 0.4) is 0 Å². The van der Waals surface area contributed by atoms with Gasteiger partial charge in [-0.05, 0) is 49.1 Å². The SMILES string of the molecule is Cc1ccccc1CNC(=O)COC(=O)c1ccc2c(c1)NC(=O)[C@@H]1CCCN21. The van der Waals surface area contributed by atoms with Crippen LogP contribution in [-0.4, -0.2) is 37.0 Å². The quantitative estimate of drug-likeness (QED) is 0.762. The predicted octanol–water partition coefficient (Wildman–Crippen LogP) is 2.39. The van der Waals surface area contributed by atoms with Gasteiger partial charge >= 0.3 is 5.97 Å². The Morgan fingerprint density at radius 2 is 2.07 bits per heavy atom. The van der Waals surface area contributed by atoms with E-state index < -0.39 is 5.97 Å². The normalized spacial score (nSPS) is 17.2. The highest BCUT2D eigenvalue weighted by Gasteiger charge is 2.36. The Hall–Kier alpha value is -3.35. The van der Waals surface area contributed by atoms with Gasteiger partial charge in [-0.15, -0.1) is 0 Å². The Balaban J connectivity index is 1.34. The van der Waals surface area contributed by atoms with Crippen LogP contribution in [0.15, 0.2) is 42.5 Å². The molecule has 0 saturated carbocycles. The average Bonchev–Trinajstić information content (AvgIpc) is 3.22. The minimum Gasteiger partial charge on any atom is -0.452 e. The van der Waals surface area contributed by atoms with Gasteiger partial charge in [-0.3, -0.25) is 9.59 Å². The summed E-state index contributed by atoms with van der Waals surface area (Å²) in [6.07, 6.45) is 1.81. The lowest BCUT2D eigenvalue weighted by molar-refractivity contribution is -0.124. The number of carbonyl (C=O) groups excluding carboxylic acids is 3. The molecule has 2 aliphatic rings. The van der Waals surface area contributed by atoms with Gasteiger partial charge in [0.2, 0.25) is 5.91 Å². The summed E-state index contributed by atoms with van der Waals surface area (Å²) in [5.41, 5.74) is 3.92. The van der Waals surface area contributed by atoms with Gasteiger partial charge in [0, 0.05) is 13.1 Å². The summed E-state index contributed by atoms with van der Waals surface area (Å²) in [6.45, 7) is 2.82.